The van der Waals surface area contributed by atoms with Crippen LogP contribution in [0.15, 0.2) is 30.8 Å². The highest BCUT2D eigenvalue weighted by molar-refractivity contribution is 5.47. The minimum Gasteiger partial charge on any atom is -0.320 e. The van der Waals surface area contributed by atoms with E-state index in [0.717, 1.165) is 0 Å². The van der Waals surface area contributed by atoms with Crippen LogP contribution >= 0.6 is 0 Å². The first kappa shape index (κ1) is 19.0. The van der Waals surface area contributed by atoms with Gasteiger partial charge in [0.05, 0.1) is 19.6 Å². The smallest absolute Gasteiger partial charge is 0.104 e. The number of quaternary nitrogens is 1. The molecule has 124 valence electrons. The summed E-state index contributed by atoms with van der Waals surface area (Å²) in [6.07, 6.45) is 10.3. The zero-order chi connectivity index (χ0) is 16.3. The van der Waals surface area contributed by atoms with Gasteiger partial charge < -0.3 is 4.48 Å². The normalized spacial score (nSPS) is 11.6. The number of benzene rings is 1. The molecule has 0 aliphatic carbocycles. The van der Waals surface area contributed by atoms with E-state index in [1.165, 1.54) is 80.3 Å². The Balaban J connectivity index is 2.52. The SMILES string of the molecule is C=Cc1ccc(C[N+](CC)(CC)CCCCCCCC)cc1. The number of hydrogen-bond acceptors (Lipinski definition) is 0. The Labute approximate surface area is 138 Å². The van der Waals surface area contributed by atoms with E-state index in [2.05, 4.69) is 51.6 Å². The van der Waals surface area contributed by atoms with Crippen LogP contribution in [0, 0.1) is 0 Å². The molecular weight excluding hydrogens is 266 g/mol. The van der Waals surface area contributed by atoms with Gasteiger partial charge in [-0.1, -0.05) is 69.5 Å². The van der Waals surface area contributed by atoms with Gasteiger partial charge in [0.2, 0.25) is 0 Å². The highest BCUT2D eigenvalue weighted by atomic mass is 15.3. The molecule has 0 aliphatic rings. The average Bonchev–Trinajstić information content (AvgIpc) is 2.57. The summed E-state index contributed by atoms with van der Waals surface area (Å²) in [5.41, 5.74) is 2.67. The van der Waals surface area contributed by atoms with Gasteiger partial charge in [-0.2, -0.15) is 0 Å². The van der Waals surface area contributed by atoms with Crippen molar-refractivity contribution in [2.24, 2.45) is 0 Å². The summed E-state index contributed by atoms with van der Waals surface area (Å²) in [5, 5.41) is 0. The van der Waals surface area contributed by atoms with Crippen molar-refractivity contribution in [1.29, 1.82) is 0 Å². The second-order valence-corrected chi connectivity index (χ2v) is 6.57. The fourth-order valence-corrected chi connectivity index (χ4v) is 3.22. The Bertz CT molecular complexity index is 400. The molecule has 1 heteroatoms. The van der Waals surface area contributed by atoms with Crippen molar-refractivity contribution >= 4 is 6.08 Å². The molecule has 0 aliphatic heterocycles. The van der Waals surface area contributed by atoms with E-state index < -0.39 is 0 Å². The lowest BCUT2D eigenvalue weighted by atomic mass is 10.1. The van der Waals surface area contributed by atoms with E-state index in [9.17, 15) is 0 Å². The van der Waals surface area contributed by atoms with Crippen molar-refractivity contribution in [2.45, 2.75) is 65.8 Å². The first-order valence-corrected chi connectivity index (χ1v) is 9.26. The minimum absolute atomic E-state index is 1.17. The largest absolute Gasteiger partial charge is 0.320 e. The summed E-state index contributed by atoms with van der Waals surface area (Å²) in [7, 11) is 0. The van der Waals surface area contributed by atoms with E-state index in [-0.39, 0.29) is 0 Å². The molecule has 0 atom stereocenters. The highest BCUT2D eigenvalue weighted by Crippen LogP contribution is 2.18. The van der Waals surface area contributed by atoms with E-state index in [0.29, 0.717) is 0 Å². The molecule has 0 heterocycles. The van der Waals surface area contributed by atoms with Gasteiger partial charge in [0.15, 0.2) is 0 Å². The van der Waals surface area contributed by atoms with E-state index in [1.807, 2.05) is 6.08 Å². The van der Waals surface area contributed by atoms with Gasteiger partial charge in [-0.3, -0.25) is 0 Å². The molecule has 0 radical (unpaired) electrons. The van der Waals surface area contributed by atoms with Crippen molar-refractivity contribution in [3.05, 3.63) is 42.0 Å². The van der Waals surface area contributed by atoms with E-state index >= 15 is 0 Å². The van der Waals surface area contributed by atoms with Crippen molar-refractivity contribution in [3.63, 3.8) is 0 Å². The molecule has 1 nitrogen and oxygen atoms in total. The maximum atomic E-state index is 3.83. The summed E-state index contributed by atoms with van der Waals surface area (Å²) < 4.78 is 1.22. The summed E-state index contributed by atoms with van der Waals surface area (Å²) in [6, 6.07) is 8.92. The number of unbranched alkanes of at least 4 members (excludes halogenated alkanes) is 5. The van der Waals surface area contributed by atoms with E-state index in [4.69, 9.17) is 0 Å². The van der Waals surface area contributed by atoms with Crippen molar-refractivity contribution in [1.82, 2.24) is 0 Å². The number of rotatable bonds is 12. The van der Waals surface area contributed by atoms with Gasteiger partial charge in [-0.15, -0.1) is 0 Å². The zero-order valence-electron chi connectivity index (χ0n) is 15.1. The summed E-state index contributed by atoms with van der Waals surface area (Å²) in [4.78, 5) is 0. The van der Waals surface area contributed by atoms with Gasteiger partial charge >= 0.3 is 0 Å². The molecule has 0 fully saturated rings. The molecule has 0 bridgehead atoms. The number of nitrogens with zero attached hydrogens (tertiary/aromatic N) is 1. The molecular formula is C21H36N+. The Hall–Kier alpha value is -1.08. The molecule has 1 aromatic carbocycles. The van der Waals surface area contributed by atoms with Crippen molar-refractivity contribution in [2.75, 3.05) is 19.6 Å². The topological polar surface area (TPSA) is 0 Å². The summed E-state index contributed by atoms with van der Waals surface area (Å²) in [6.45, 7) is 15.8. The molecule has 0 amide bonds. The molecule has 0 saturated carbocycles. The lowest BCUT2D eigenvalue weighted by Gasteiger charge is -2.37. The highest BCUT2D eigenvalue weighted by Gasteiger charge is 2.22. The van der Waals surface area contributed by atoms with Crippen LogP contribution in [0.3, 0.4) is 0 Å². The molecule has 22 heavy (non-hydrogen) atoms. The molecule has 0 spiro atoms. The maximum Gasteiger partial charge on any atom is 0.104 e. The lowest BCUT2D eigenvalue weighted by Crippen LogP contribution is -2.47. The quantitative estimate of drug-likeness (QED) is 0.326. The Kier molecular flexibility index (Phi) is 9.15. The molecule has 0 aromatic heterocycles. The van der Waals surface area contributed by atoms with Gasteiger partial charge in [0.1, 0.15) is 6.54 Å². The van der Waals surface area contributed by atoms with Gasteiger partial charge in [-0.25, -0.2) is 0 Å². The predicted octanol–water partition coefficient (Wildman–Crippen LogP) is 6.05. The first-order valence-electron chi connectivity index (χ1n) is 9.26. The fraction of sp³-hybridized carbons (Fsp3) is 0.619. The minimum atomic E-state index is 1.17. The molecule has 1 aromatic rings. The van der Waals surface area contributed by atoms with E-state index in [1.54, 1.807) is 0 Å². The Morgan fingerprint density at radius 2 is 1.45 bits per heavy atom. The van der Waals surface area contributed by atoms with Gasteiger partial charge in [0.25, 0.3) is 0 Å². The second kappa shape index (κ2) is 10.6. The first-order chi connectivity index (χ1) is 10.7. The average molecular weight is 303 g/mol. The number of hydrogen-bond donors (Lipinski definition) is 0. The predicted molar refractivity (Wildman–Crippen MR) is 99.8 cm³/mol. The van der Waals surface area contributed by atoms with Crippen LogP contribution in [-0.2, 0) is 6.54 Å². The van der Waals surface area contributed by atoms with Crippen LogP contribution in [0.4, 0.5) is 0 Å². The molecule has 0 saturated heterocycles. The second-order valence-electron chi connectivity index (χ2n) is 6.57. The molecule has 1 rings (SSSR count). The third kappa shape index (κ3) is 6.36. The standard InChI is InChI=1S/C21H36N/c1-5-9-10-11-12-13-18-22(7-3,8-4)19-21-16-14-20(6-2)15-17-21/h6,14-17H,2,5,7-13,18-19H2,1,3-4H3/q+1. The van der Waals surface area contributed by atoms with Crippen LogP contribution in [0.25, 0.3) is 6.08 Å². The van der Waals surface area contributed by atoms with Crippen LogP contribution in [0.5, 0.6) is 0 Å². The Morgan fingerprint density at radius 3 is 2.00 bits per heavy atom. The van der Waals surface area contributed by atoms with Crippen LogP contribution in [-0.4, -0.2) is 24.1 Å². The van der Waals surface area contributed by atoms with Crippen molar-refractivity contribution in [3.8, 4) is 0 Å². The third-order valence-electron chi connectivity index (χ3n) is 5.06. The van der Waals surface area contributed by atoms with Crippen LogP contribution in [0.2, 0.25) is 0 Å². The van der Waals surface area contributed by atoms with Gasteiger partial charge in [0, 0.05) is 5.56 Å². The summed E-state index contributed by atoms with van der Waals surface area (Å²) in [5.74, 6) is 0. The zero-order valence-corrected chi connectivity index (χ0v) is 15.1. The van der Waals surface area contributed by atoms with Crippen molar-refractivity contribution < 1.29 is 4.48 Å². The monoisotopic (exact) mass is 302 g/mol. The fourth-order valence-electron chi connectivity index (χ4n) is 3.22. The van der Waals surface area contributed by atoms with Gasteiger partial charge in [-0.05, 0) is 32.3 Å². The molecule has 0 unspecified atom stereocenters. The lowest BCUT2D eigenvalue weighted by molar-refractivity contribution is -0.938. The Morgan fingerprint density at radius 1 is 0.864 bits per heavy atom. The van der Waals surface area contributed by atoms with Crippen LogP contribution in [0.1, 0.15) is 70.4 Å². The maximum absolute atomic E-state index is 3.83. The summed E-state index contributed by atoms with van der Waals surface area (Å²) >= 11 is 0. The van der Waals surface area contributed by atoms with Crippen LogP contribution < -0.4 is 0 Å². The molecule has 0 N–H and O–H groups in total. The third-order valence-corrected chi connectivity index (χ3v) is 5.06.